The summed E-state index contributed by atoms with van der Waals surface area (Å²) < 4.78 is 165. The van der Waals surface area contributed by atoms with Crippen molar-refractivity contribution in [3.63, 3.8) is 0 Å². The van der Waals surface area contributed by atoms with Crippen LogP contribution in [0.4, 0.5) is 64.1 Å². The molecule has 0 spiro atoms. The molecular formula is C26H10F12N2O4. The van der Waals surface area contributed by atoms with E-state index in [9.17, 15) is 72.2 Å². The molecule has 0 saturated carbocycles. The van der Waals surface area contributed by atoms with Crippen LogP contribution in [0.2, 0.25) is 0 Å². The Morgan fingerprint density at radius 3 is 1.27 bits per heavy atom. The van der Waals surface area contributed by atoms with Gasteiger partial charge in [0.1, 0.15) is 0 Å². The Labute approximate surface area is 235 Å². The van der Waals surface area contributed by atoms with Gasteiger partial charge in [0, 0.05) is 11.3 Å². The topological polar surface area (TPSA) is 77.9 Å². The van der Waals surface area contributed by atoms with Crippen LogP contribution in [-0.2, 0) is 24.7 Å². The lowest BCUT2D eigenvalue weighted by molar-refractivity contribution is -0.142. The lowest BCUT2D eigenvalue weighted by atomic mass is 9.87. The van der Waals surface area contributed by atoms with Crippen molar-refractivity contribution < 1.29 is 72.2 Å². The number of carbonyl (C=O) groups is 3. The van der Waals surface area contributed by atoms with E-state index in [1.807, 2.05) is 0 Å². The third-order valence-corrected chi connectivity index (χ3v) is 6.80. The molecule has 2 aliphatic rings. The van der Waals surface area contributed by atoms with Crippen LogP contribution >= 0.6 is 0 Å². The number of imide groups is 1. The van der Waals surface area contributed by atoms with E-state index in [2.05, 4.69) is 0 Å². The van der Waals surface area contributed by atoms with E-state index in [1.54, 1.807) is 0 Å². The number of anilines is 2. The predicted octanol–water partition coefficient (Wildman–Crippen LogP) is 7.21. The Hall–Kier alpha value is -4.61. The first kappa shape index (κ1) is 30.8. The van der Waals surface area contributed by atoms with Gasteiger partial charge < -0.3 is 5.11 Å². The minimum atomic E-state index is -5.85. The molecule has 232 valence electrons. The molecule has 3 amide bonds. The van der Waals surface area contributed by atoms with E-state index in [4.69, 9.17) is 0 Å². The first-order chi connectivity index (χ1) is 20.1. The standard InChI is InChI=1S/C26H10F12N2O4/c27-23(28,29)9-1-5-11(6-2-9)39-19(41)13-14(20(39)42)18(26(36,37)38)16-15(17(13)25(33,34)35)21(43)40(22(16)44)12-7-3-10(4-8-12)24(30,31)32/h1-8,19,41H. The number of amides is 3. The van der Waals surface area contributed by atoms with Crippen LogP contribution in [0.3, 0.4) is 0 Å². The van der Waals surface area contributed by atoms with Gasteiger partial charge >= 0.3 is 24.7 Å². The van der Waals surface area contributed by atoms with Crippen molar-refractivity contribution >= 4 is 29.1 Å². The van der Waals surface area contributed by atoms with Crippen LogP contribution < -0.4 is 9.80 Å². The van der Waals surface area contributed by atoms with Crippen molar-refractivity contribution in [1.82, 2.24) is 0 Å². The molecule has 5 rings (SSSR count). The minimum absolute atomic E-state index is 0.0763. The molecule has 1 N–H and O–H groups in total. The highest BCUT2D eigenvalue weighted by Crippen LogP contribution is 2.53. The number of carbonyl (C=O) groups excluding carboxylic acids is 3. The molecular weight excluding hydrogens is 632 g/mol. The van der Waals surface area contributed by atoms with E-state index >= 15 is 0 Å². The molecule has 1 atom stereocenters. The van der Waals surface area contributed by atoms with Gasteiger partial charge in [0.15, 0.2) is 6.23 Å². The molecule has 18 heteroatoms. The number of halogens is 12. The monoisotopic (exact) mass is 642 g/mol. The van der Waals surface area contributed by atoms with E-state index < -0.39 is 105 Å². The van der Waals surface area contributed by atoms with Crippen molar-refractivity contribution in [2.75, 3.05) is 9.80 Å². The van der Waals surface area contributed by atoms with Gasteiger partial charge in [-0.2, -0.15) is 52.7 Å². The zero-order chi connectivity index (χ0) is 32.9. The van der Waals surface area contributed by atoms with Crippen molar-refractivity contribution in [3.05, 3.63) is 93.0 Å². The SMILES string of the molecule is O=C1c2c(c(C(F)(F)F)c3c(c2C(F)(F)F)C(=O)N(c2ccc(C(F)(F)F)cc2)C3O)C(=O)N1c1ccc(C(F)(F)F)cc1. The average Bonchev–Trinajstić information content (AvgIpc) is 3.29. The lowest BCUT2D eigenvalue weighted by Crippen LogP contribution is -2.31. The van der Waals surface area contributed by atoms with Gasteiger partial charge in [0.05, 0.1) is 44.6 Å². The number of rotatable bonds is 2. The van der Waals surface area contributed by atoms with Crippen LogP contribution in [0, 0.1) is 0 Å². The smallest absolute Gasteiger partial charge is 0.369 e. The summed E-state index contributed by atoms with van der Waals surface area (Å²) in [5, 5.41) is 10.8. The zero-order valence-electron chi connectivity index (χ0n) is 20.8. The molecule has 0 radical (unpaired) electrons. The van der Waals surface area contributed by atoms with Gasteiger partial charge in [-0.05, 0) is 48.5 Å². The summed E-state index contributed by atoms with van der Waals surface area (Å²) in [5.74, 6) is -6.13. The van der Waals surface area contributed by atoms with Crippen molar-refractivity contribution in [1.29, 1.82) is 0 Å². The number of benzene rings is 3. The maximum Gasteiger partial charge on any atom is 0.418 e. The molecule has 0 bridgehead atoms. The molecule has 0 aromatic heterocycles. The van der Waals surface area contributed by atoms with Gasteiger partial charge in [-0.25, -0.2) is 4.90 Å². The number of aliphatic hydroxyl groups is 1. The zero-order valence-corrected chi connectivity index (χ0v) is 20.8. The fraction of sp³-hybridized carbons (Fsp3) is 0.192. The Morgan fingerprint density at radius 1 is 0.500 bits per heavy atom. The fourth-order valence-corrected chi connectivity index (χ4v) is 5.04. The highest BCUT2D eigenvalue weighted by molar-refractivity contribution is 6.36. The molecule has 2 aliphatic heterocycles. The van der Waals surface area contributed by atoms with E-state index in [1.165, 1.54) is 0 Å². The molecule has 6 nitrogen and oxygen atoms in total. The number of nitrogens with zero attached hydrogens (tertiary/aromatic N) is 2. The second-order valence-corrected chi connectivity index (χ2v) is 9.37. The maximum atomic E-state index is 14.5. The molecule has 1 unspecified atom stereocenters. The highest BCUT2D eigenvalue weighted by atomic mass is 19.4. The number of alkyl halides is 12. The predicted molar refractivity (Wildman–Crippen MR) is 122 cm³/mol. The van der Waals surface area contributed by atoms with Crippen molar-refractivity contribution in [2.45, 2.75) is 30.9 Å². The van der Waals surface area contributed by atoms with Crippen LogP contribution in [-0.4, -0.2) is 22.8 Å². The molecule has 0 aliphatic carbocycles. The summed E-state index contributed by atoms with van der Waals surface area (Å²) >= 11 is 0. The average molecular weight is 642 g/mol. The summed E-state index contributed by atoms with van der Waals surface area (Å²) in [6, 6.07) is 3.17. The van der Waals surface area contributed by atoms with Crippen LogP contribution in [0.15, 0.2) is 48.5 Å². The van der Waals surface area contributed by atoms with Gasteiger partial charge in [-0.3, -0.25) is 19.3 Å². The Balaban J connectivity index is 1.76. The summed E-state index contributed by atoms with van der Waals surface area (Å²) in [6.45, 7) is 0. The van der Waals surface area contributed by atoms with Gasteiger partial charge in [-0.15, -0.1) is 0 Å². The number of hydrogen-bond acceptors (Lipinski definition) is 4. The summed E-state index contributed by atoms with van der Waals surface area (Å²) in [7, 11) is 0. The first-order valence-corrected chi connectivity index (χ1v) is 11.7. The maximum absolute atomic E-state index is 14.5. The number of fused-ring (bicyclic) bond motifs is 2. The third-order valence-electron chi connectivity index (χ3n) is 6.80. The largest absolute Gasteiger partial charge is 0.418 e. The fourth-order valence-electron chi connectivity index (χ4n) is 5.04. The lowest BCUT2D eigenvalue weighted by Gasteiger charge is -2.23. The normalized spacial score (nSPS) is 17.5. The third kappa shape index (κ3) is 4.63. The molecule has 2 heterocycles. The van der Waals surface area contributed by atoms with Crippen LogP contribution in [0.25, 0.3) is 0 Å². The second kappa shape index (κ2) is 9.44. The Kier molecular flexibility index (Phi) is 6.62. The first-order valence-electron chi connectivity index (χ1n) is 11.7. The van der Waals surface area contributed by atoms with E-state index in [-0.39, 0.29) is 9.80 Å². The molecule has 3 aromatic rings. The highest BCUT2D eigenvalue weighted by Gasteiger charge is 2.58. The summed E-state index contributed by atoms with van der Waals surface area (Å²) in [5.41, 5.74) is -16.5. The quantitative estimate of drug-likeness (QED) is 0.237. The molecule has 0 saturated heterocycles. The van der Waals surface area contributed by atoms with Crippen LogP contribution in [0.5, 0.6) is 0 Å². The summed E-state index contributed by atoms with van der Waals surface area (Å²) in [4.78, 5) is 39.4. The van der Waals surface area contributed by atoms with E-state index in [0.29, 0.717) is 48.5 Å². The summed E-state index contributed by atoms with van der Waals surface area (Å²) in [6.07, 6.45) is -24.5. The van der Waals surface area contributed by atoms with Crippen molar-refractivity contribution in [2.24, 2.45) is 0 Å². The Bertz CT molecular complexity index is 1720. The van der Waals surface area contributed by atoms with Crippen LogP contribution in [0.1, 0.15) is 65.1 Å². The second-order valence-electron chi connectivity index (χ2n) is 9.37. The molecule has 44 heavy (non-hydrogen) atoms. The van der Waals surface area contributed by atoms with Gasteiger partial charge in [-0.1, -0.05) is 0 Å². The van der Waals surface area contributed by atoms with Gasteiger partial charge in [0.25, 0.3) is 17.7 Å². The number of hydrogen-bond donors (Lipinski definition) is 1. The molecule has 3 aromatic carbocycles. The molecule has 0 fully saturated rings. The van der Waals surface area contributed by atoms with Crippen molar-refractivity contribution in [3.8, 4) is 0 Å². The minimum Gasteiger partial charge on any atom is -0.369 e. The van der Waals surface area contributed by atoms with E-state index in [0.717, 1.165) is 0 Å². The van der Waals surface area contributed by atoms with Gasteiger partial charge in [0.2, 0.25) is 0 Å². The number of aliphatic hydroxyl groups excluding tert-OH is 1. The Morgan fingerprint density at radius 2 is 0.886 bits per heavy atom.